The van der Waals surface area contributed by atoms with Gasteiger partial charge >= 0.3 is 0 Å². The van der Waals surface area contributed by atoms with Gasteiger partial charge in [0.1, 0.15) is 0 Å². The molecule has 26 heavy (non-hydrogen) atoms. The van der Waals surface area contributed by atoms with Gasteiger partial charge in [-0.1, -0.05) is 85.0 Å². The Hall–Kier alpha value is -1.69. The predicted molar refractivity (Wildman–Crippen MR) is 121 cm³/mol. The minimum atomic E-state index is -2.09. The average Bonchev–Trinajstić information content (AvgIpc) is 2.62. The van der Waals surface area contributed by atoms with Crippen LogP contribution in [0, 0.1) is 0 Å². The fourth-order valence-corrected chi connectivity index (χ4v) is 10.1. The SMILES string of the molecule is C=CCC(O[Si](C)(C)c1ccccc1[Si](C)(C)CC=C)c1ccccc1. The third-order valence-electron chi connectivity index (χ3n) is 4.95. The van der Waals surface area contributed by atoms with Gasteiger partial charge in [0.15, 0.2) is 0 Å². The number of allylic oxidation sites excluding steroid dienone is 1. The Balaban J connectivity index is 2.40. The van der Waals surface area contributed by atoms with E-state index >= 15 is 0 Å². The van der Waals surface area contributed by atoms with E-state index in [2.05, 4.69) is 100 Å². The van der Waals surface area contributed by atoms with Crippen molar-refractivity contribution in [2.45, 2.75) is 44.8 Å². The normalized spacial score (nSPS) is 13.2. The fraction of sp³-hybridized carbons (Fsp3) is 0.304. The van der Waals surface area contributed by atoms with Crippen LogP contribution in [0.4, 0.5) is 0 Å². The fourth-order valence-electron chi connectivity index (χ4n) is 3.56. The molecule has 3 heteroatoms. The molecule has 0 aliphatic rings. The van der Waals surface area contributed by atoms with Crippen molar-refractivity contribution >= 4 is 26.8 Å². The Kier molecular flexibility index (Phi) is 6.98. The van der Waals surface area contributed by atoms with Crippen LogP contribution >= 0.6 is 0 Å². The van der Waals surface area contributed by atoms with E-state index in [-0.39, 0.29) is 6.10 Å². The van der Waals surface area contributed by atoms with Gasteiger partial charge in [0.25, 0.3) is 0 Å². The summed E-state index contributed by atoms with van der Waals surface area (Å²) in [5, 5.41) is 2.95. The molecule has 2 aromatic carbocycles. The summed E-state index contributed by atoms with van der Waals surface area (Å²) in [6, 6.07) is 20.5. The topological polar surface area (TPSA) is 9.23 Å². The first kappa shape index (κ1) is 20.6. The summed E-state index contributed by atoms with van der Waals surface area (Å²) in [7, 11) is -3.66. The third kappa shape index (κ3) is 4.94. The molecule has 0 spiro atoms. The molecule has 1 nitrogen and oxygen atoms in total. The minimum absolute atomic E-state index is 0.0626. The number of benzene rings is 2. The van der Waals surface area contributed by atoms with Crippen molar-refractivity contribution in [3.05, 3.63) is 85.5 Å². The summed E-state index contributed by atoms with van der Waals surface area (Å²) in [5.74, 6) is 0. The number of hydrogen-bond donors (Lipinski definition) is 0. The Morgan fingerprint density at radius 3 is 2.00 bits per heavy atom. The van der Waals surface area contributed by atoms with Gasteiger partial charge in [-0.05, 0) is 36.3 Å². The van der Waals surface area contributed by atoms with E-state index in [4.69, 9.17) is 4.43 Å². The molecule has 0 aliphatic carbocycles. The lowest BCUT2D eigenvalue weighted by Gasteiger charge is -2.34. The van der Waals surface area contributed by atoms with Gasteiger partial charge in [-0.25, -0.2) is 0 Å². The van der Waals surface area contributed by atoms with Crippen molar-refractivity contribution in [1.29, 1.82) is 0 Å². The van der Waals surface area contributed by atoms with Gasteiger partial charge in [-0.15, -0.1) is 13.2 Å². The second-order valence-electron chi connectivity index (χ2n) is 7.97. The van der Waals surface area contributed by atoms with E-state index in [1.165, 1.54) is 15.9 Å². The highest BCUT2D eigenvalue weighted by atomic mass is 28.4. The molecule has 0 fully saturated rings. The van der Waals surface area contributed by atoms with E-state index in [0.29, 0.717) is 0 Å². The zero-order valence-corrected chi connectivity index (χ0v) is 18.7. The first-order chi connectivity index (χ1) is 12.3. The second kappa shape index (κ2) is 8.80. The Labute approximate surface area is 161 Å². The summed E-state index contributed by atoms with van der Waals surface area (Å²) in [6.45, 7) is 17.4. The molecule has 0 amide bonds. The highest BCUT2D eigenvalue weighted by Crippen LogP contribution is 2.26. The number of hydrogen-bond acceptors (Lipinski definition) is 1. The molecule has 1 unspecified atom stereocenters. The maximum Gasteiger partial charge on any atom is 0.218 e. The van der Waals surface area contributed by atoms with Crippen LogP contribution in [-0.4, -0.2) is 16.4 Å². The smallest absolute Gasteiger partial charge is 0.218 e. The third-order valence-corrected chi connectivity index (χ3v) is 11.0. The van der Waals surface area contributed by atoms with E-state index in [1.807, 2.05) is 6.08 Å². The predicted octanol–water partition coefficient (Wildman–Crippen LogP) is 5.53. The molecular weight excluding hydrogens is 348 g/mol. The van der Waals surface area contributed by atoms with Crippen LogP contribution in [0.25, 0.3) is 0 Å². The van der Waals surface area contributed by atoms with Gasteiger partial charge < -0.3 is 4.43 Å². The maximum absolute atomic E-state index is 6.83. The number of rotatable bonds is 9. The van der Waals surface area contributed by atoms with E-state index in [1.54, 1.807) is 0 Å². The maximum atomic E-state index is 6.83. The van der Waals surface area contributed by atoms with Crippen molar-refractivity contribution in [3.63, 3.8) is 0 Å². The molecule has 2 aromatic rings. The Morgan fingerprint density at radius 1 is 0.846 bits per heavy atom. The highest BCUT2D eigenvalue weighted by Gasteiger charge is 2.35. The lowest BCUT2D eigenvalue weighted by atomic mass is 10.1. The average molecular weight is 381 g/mol. The zero-order chi connectivity index (χ0) is 19.2. The molecule has 0 radical (unpaired) electrons. The van der Waals surface area contributed by atoms with Crippen LogP contribution in [0.15, 0.2) is 79.9 Å². The summed E-state index contributed by atoms with van der Waals surface area (Å²) < 4.78 is 6.83. The van der Waals surface area contributed by atoms with Crippen LogP contribution in [0.2, 0.25) is 32.2 Å². The molecular formula is C23H32OSi2. The molecule has 1 atom stereocenters. The Bertz CT molecular complexity index is 735. The van der Waals surface area contributed by atoms with E-state index in [0.717, 1.165) is 12.5 Å². The van der Waals surface area contributed by atoms with Crippen molar-refractivity contribution in [3.8, 4) is 0 Å². The van der Waals surface area contributed by atoms with Gasteiger partial charge in [0, 0.05) is 0 Å². The van der Waals surface area contributed by atoms with Gasteiger partial charge in [-0.3, -0.25) is 0 Å². The molecule has 0 heterocycles. The van der Waals surface area contributed by atoms with Crippen molar-refractivity contribution < 1.29 is 4.43 Å². The Morgan fingerprint density at radius 2 is 1.42 bits per heavy atom. The second-order valence-corrected chi connectivity index (χ2v) is 16.5. The van der Waals surface area contributed by atoms with Gasteiger partial charge in [0.05, 0.1) is 14.2 Å². The van der Waals surface area contributed by atoms with Gasteiger partial charge in [0.2, 0.25) is 8.32 Å². The van der Waals surface area contributed by atoms with Gasteiger partial charge in [-0.2, -0.15) is 0 Å². The summed E-state index contributed by atoms with van der Waals surface area (Å²) in [5.41, 5.74) is 1.23. The summed E-state index contributed by atoms with van der Waals surface area (Å²) >= 11 is 0. The minimum Gasteiger partial charge on any atom is -0.406 e. The monoisotopic (exact) mass is 380 g/mol. The molecule has 2 rings (SSSR count). The molecule has 0 N–H and O–H groups in total. The standard InChI is InChI=1S/C23H32OSi2/c1-7-14-21(20-15-10-9-11-16-20)24-26(5,6)23-18-13-12-17-22(23)25(3,4)19-8-2/h7-13,15-18,21H,1-2,14,19H2,3-6H3. The van der Waals surface area contributed by atoms with Crippen LogP contribution < -0.4 is 10.4 Å². The molecule has 0 saturated heterocycles. The molecule has 0 saturated carbocycles. The summed E-state index contributed by atoms with van der Waals surface area (Å²) in [4.78, 5) is 0. The van der Waals surface area contributed by atoms with Crippen molar-refractivity contribution in [2.24, 2.45) is 0 Å². The van der Waals surface area contributed by atoms with E-state index < -0.39 is 16.4 Å². The summed E-state index contributed by atoms with van der Waals surface area (Å²) in [6.07, 6.45) is 4.93. The highest BCUT2D eigenvalue weighted by molar-refractivity contribution is 6.97. The largest absolute Gasteiger partial charge is 0.406 e. The van der Waals surface area contributed by atoms with Crippen LogP contribution in [-0.2, 0) is 4.43 Å². The molecule has 0 bridgehead atoms. The molecule has 138 valence electrons. The zero-order valence-electron chi connectivity index (χ0n) is 16.7. The first-order valence-electron chi connectivity index (χ1n) is 9.36. The van der Waals surface area contributed by atoms with E-state index in [9.17, 15) is 0 Å². The van der Waals surface area contributed by atoms with Crippen LogP contribution in [0.1, 0.15) is 18.1 Å². The molecule has 0 aromatic heterocycles. The van der Waals surface area contributed by atoms with Crippen molar-refractivity contribution in [1.82, 2.24) is 0 Å². The quantitative estimate of drug-likeness (QED) is 0.410. The molecule has 0 aliphatic heterocycles. The lowest BCUT2D eigenvalue weighted by Crippen LogP contribution is -2.60. The van der Waals surface area contributed by atoms with Crippen molar-refractivity contribution in [2.75, 3.05) is 0 Å². The lowest BCUT2D eigenvalue weighted by molar-refractivity contribution is 0.205. The first-order valence-corrected chi connectivity index (χ1v) is 15.5. The van der Waals surface area contributed by atoms with Crippen LogP contribution in [0.3, 0.4) is 0 Å². The van der Waals surface area contributed by atoms with Crippen LogP contribution in [0.5, 0.6) is 0 Å².